The highest BCUT2D eigenvalue weighted by Gasteiger charge is 2.21. The van der Waals surface area contributed by atoms with Crippen molar-refractivity contribution in [1.82, 2.24) is 20.9 Å². The third-order valence-corrected chi connectivity index (χ3v) is 4.98. The third-order valence-electron chi connectivity index (χ3n) is 4.49. The molecule has 1 saturated heterocycles. The summed E-state index contributed by atoms with van der Waals surface area (Å²) < 4.78 is 6.42. The molecular formula is C18H28BrN5O2. The van der Waals surface area contributed by atoms with Crippen LogP contribution in [0.5, 0.6) is 5.75 Å². The van der Waals surface area contributed by atoms with Gasteiger partial charge < -0.3 is 20.7 Å². The predicted molar refractivity (Wildman–Crippen MR) is 108 cm³/mol. The van der Waals surface area contributed by atoms with Gasteiger partial charge in [0.2, 0.25) is 5.91 Å². The van der Waals surface area contributed by atoms with Crippen LogP contribution in [-0.2, 0) is 11.3 Å². The molecule has 0 aromatic heterocycles. The number of halogens is 1. The maximum atomic E-state index is 11.5. The summed E-state index contributed by atoms with van der Waals surface area (Å²) in [6, 6.07) is 6.30. The fourth-order valence-corrected chi connectivity index (χ4v) is 3.38. The number of carbonyl (C=O) groups excluding carboxylic acids is 1. The molecule has 0 unspecified atom stereocenters. The van der Waals surface area contributed by atoms with E-state index in [-0.39, 0.29) is 5.91 Å². The van der Waals surface area contributed by atoms with Crippen LogP contribution in [0.15, 0.2) is 27.7 Å². The molecule has 8 heteroatoms. The van der Waals surface area contributed by atoms with Crippen LogP contribution >= 0.6 is 15.9 Å². The fraction of sp³-hybridized carbons (Fsp3) is 0.556. The Morgan fingerprint density at radius 1 is 1.38 bits per heavy atom. The van der Waals surface area contributed by atoms with Crippen LogP contribution in [-0.4, -0.2) is 63.6 Å². The fourth-order valence-electron chi connectivity index (χ4n) is 2.97. The number of nitrogens with zero attached hydrogens (tertiary/aromatic N) is 2. The number of amides is 1. The molecule has 1 aromatic rings. The number of piperidine rings is 1. The van der Waals surface area contributed by atoms with Crippen molar-refractivity contribution in [3.05, 3.63) is 28.2 Å². The molecule has 26 heavy (non-hydrogen) atoms. The second kappa shape index (κ2) is 10.4. The number of hydrogen-bond donors (Lipinski definition) is 3. The van der Waals surface area contributed by atoms with Crippen molar-refractivity contribution in [1.29, 1.82) is 0 Å². The highest BCUT2D eigenvalue weighted by molar-refractivity contribution is 9.10. The Balaban J connectivity index is 1.82. The van der Waals surface area contributed by atoms with E-state index in [1.165, 1.54) is 0 Å². The minimum atomic E-state index is 0.0665. The molecule has 0 spiro atoms. The molecule has 1 aliphatic rings. The molecule has 1 heterocycles. The Morgan fingerprint density at radius 3 is 2.73 bits per heavy atom. The molecule has 0 atom stereocenters. The lowest BCUT2D eigenvalue weighted by atomic mass is 10.1. The molecule has 0 bridgehead atoms. The number of hydrogen-bond acceptors (Lipinski definition) is 4. The van der Waals surface area contributed by atoms with Gasteiger partial charge in [0, 0.05) is 49.8 Å². The van der Waals surface area contributed by atoms with Gasteiger partial charge in [0.1, 0.15) is 5.75 Å². The standard InChI is InChI=1S/C18H28BrN5O2/c1-20-17(25)12-24-8-6-15(7-9-24)23-18(21-2)22-11-13-10-14(19)4-5-16(13)26-3/h4-5,10,15H,6-9,11-12H2,1-3H3,(H,20,25)(H2,21,22,23). The average molecular weight is 426 g/mol. The first-order valence-electron chi connectivity index (χ1n) is 8.78. The van der Waals surface area contributed by atoms with Crippen molar-refractivity contribution in [2.75, 3.05) is 40.8 Å². The Kier molecular flexibility index (Phi) is 8.18. The Hall–Kier alpha value is -1.80. The quantitative estimate of drug-likeness (QED) is 0.473. The Labute approximate surface area is 163 Å². The number of nitrogens with one attached hydrogen (secondary N) is 3. The molecule has 0 saturated carbocycles. The summed E-state index contributed by atoms with van der Waals surface area (Å²) in [5.74, 6) is 1.69. The van der Waals surface area contributed by atoms with Gasteiger partial charge in [-0.3, -0.25) is 14.7 Å². The first-order chi connectivity index (χ1) is 12.5. The third kappa shape index (κ3) is 6.17. The second-order valence-corrected chi connectivity index (χ2v) is 7.17. The lowest BCUT2D eigenvalue weighted by Gasteiger charge is -2.32. The van der Waals surface area contributed by atoms with Gasteiger partial charge in [0.05, 0.1) is 13.7 Å². The van der Waals surface area contributed by atoms with Crippen molar-refractivity contribution in [2.24, 2.45) is 4.99 Å². The number of likely N-dealkylation sites (N-methyl/N-ethyl adjacent to an activating group) is 1. The molecule has 0 aliphatic carbocycles. The lowest BCUT2D eigenvalue weighted by molar-refractivity contribution is -0.122. The Morgan fingerprint density at radius 2 is 2.12 bits per heavy atom. The maximum Gasteiger partial charge on any atom is 0.233 e. The summed E-state index contributed by atoms with van der Waals surface area (Å²) in [5, 5.41) is 9.49. The summed E-state index contributed by atoms with van der Waals surface area (Å²) in [7, 11) is 5.12. The molecule has 1 aromatic carbocycles. The predicted octanol–water partition coefficient (Wildman–Crippen LogP) is 1.33. The van der Waals surface area contributed by atoms with Gasteiger partial charge in [-0.05, 0) is 31.0 Å². The first kappa shape index (κ1) is 20.5. The van der Waals surface area contributed by atoms with Crippen molar-refractivity contribution in [3.8, 4) is 5.75 Å². The van der Waals surface area contributed by atoms with Gasteiger partial charge in [-0.25, -0.2) is 0 Å². The minimum Gasteiger partial charge on any atom is -0.496 e. The number of likely N-dealkylation sites (tertiary alicyclic amines) is 1. The normalized spacial score (nSPS) is 16.2. The van der Waals surface area contributed by atoms with Gasteiger partial charge in [-0.15, -0.1) is 0 Å². The number of carbonyl (C=O) groups is 1. The van der Waals surface area contributed by atoms with Crippen molar-refractivity contribution < 1.29 is 9.53 Å². The van der Waals surface area contributed by atoms with Gasteiger partial charge >= 0.3 is 0 Å². The first-order valence-corrected chi connectivity index (χ1v) is 9.57. The zero-order chi connectivity index (χ0) is 18.9. The van der Waals surface area contributed by atoms with E-state index in [1.807, 2.05) is 18.2 Å². The monoisotopic (exact) mass is 425 g/mol. The summed E-state index contributed by atoms with van der Waals surface area (Å²) in [5.41, 5.74) is 1.06. The van der Waals surface area contributed by atoms with Gasteiger partial charge in [0.15, 0.2) is 5.96 Å². The maximum absolute atomic E-state index is 11.5. The molecule has 0 radical (unpaired) electrons. The largest absolute Gasteiger partial charge is 0.496 e. The molecule has 7 nitrogen and oxygen atoms in total. The lowest BCUT2D eigenvalue weighted by Crippen LogP contribution is -2.49. The Bertz CT molecular complexity index is 630. The van der Waals surface area contributed by atoms with Crippen LogP contribution in [0.4, 0.5) is 0 Å². The van der Waals surface area contributed by atoms with E-state index in [9.17, 15) is 4.79 Å². The molecule has 1 amide bonds. The SMILES string of the molecule is CN=C(NCc1cc(Br)ccc1OC)NC1CCN(CC(=O)NC)CC1. The molecule has 1 fully saturated rings. The minimum absolute atomic E-state index is 0.0665. The molecule has 2 rings (SSSR count). The zero-order valence-electron chi connectivity index (χ0n) is 15.6. The number of ether oxygens (including phenoxy) is 1. The van der Waals surface area contributed by atoms with E-state index in [2.05, 4.69) is 41.8 Å². The van der Waals surface area contributed by atoms with Crippen LogP contribution in [0.25, 0.3) is 0 Å². The van der Waals surface area contributed by atoms with E-state index in [0.29, 0.717) is 19.1 Å². The van der Waals surface area contributed by atoms with Crippen molar-refractivity contribution in [3.63, 3.8) is 0 Å². The van der Waals surface area contributed by atoms with E-state index < -0.39 is 0 Å². The summed E-state index contributed by atoms with van der Waals surface area (Å²) >= 11 is 3.49. The van der Waals surface area contributed by atoms with Crippen LogP contribution in [0.1, 0.15) is 18.4 Å². The van der Waals surface area contributed by atoms with E-state index in [0.717, 1.165) is 47.7 Å². The summed E-state index contributed by atoms with van der Waals surface area (Å²) in [4.78, 5) is 18.0. The molecule has 144 valence electrons. The average Bonchev–Trinajstić information content (AvgIpc) is 2.66. The van der Waals surface area contributed by atoms with Crippen LogP contribution in [0, 0.1) is 0 Å². The summed E-state index contributed by atoms with van der Waals surface area (Å²) in [6.45, 7) is 2.90. The van der Waals surface area contributed by atoms with Crippen molar-refractivity contribution in [2.45, 2.75) is 25.4 Å². The van der Waals surface area contributed by atoms with E-state index in [4.69, 9.17) is 4.74 Å². The molecule has 1 aliphatic heterocycles. The number of benzene rings is 1. The van der Waals surface area contributed by atoms with Gasteiger partial charge in [0.25, 0.3) is 0 Å². The smallest absolute Gasteiger partial charge is 0.233 e. The second-order valence-electron chi connectivity index (χ2n) is 6.25. The number of aliphatic imine (C=N–C) groups is 1. The number of rotatable bonds is 6. The van der Waals surface area contributed by atoms with Crippen molar-refractivity contribution >= 4 is 27.8 Å². The van der Waals surface area contributed by atoms with E-state index >= 15 is 0 Å². The highest BCUT2D eigenvalue weighted by Crippen LogP contribution is 2.22. The molecular weight excluding hydrogens is 398 g/mol. The van der Waals surface area contributed by atoms with Gasteiger partial charge in [-0.1, -0.05) is 15.9 Å². The van der Waals surface area contributed by atoms with Crippen LogP contribution in [0.2, 0.25) is 0 Å². The number of methoxy groups -OCH3 is 1. The molecule has 3 N–H and O–H groups in total. The van der Waals surface area contributed by atoms with Crippen LogP contribution in [0.3, 0.4) is 0 Å². The zero-order valence-corrected chi connectivity index (χ0v) is 17.2. The van der Waals surface area contributed by atoms with Crippen LogP contribution < -0.4 is 20.7 Å². The summed E-state index contributed by atoms with van der Waals surface area (Å²) in [6.07, 6.45) is 1.97. The van der Waals surface area contributed by atoms with Gasteiger partial charge in [-0.2, -0.15) is 0 Å². The topological polar surface area (TPSA) is 78.0 Å². The highest BCUT2D eigenvalue weighted by atomic mass is 79.9. The number of guanidine groups is 1. The van der Waals surface area contributed by atoms with E-state index in [1.54, 1.807) is 21.2 Å².